The number of aromatic nitrogens is 3. The normalized spacial score (nSPS) is 12.7. The van der Waals surface area contributed by atoms with Crippen LogP contribution in [-0.4, -0.2) is 20.3 Å². The number of aryl methyl sites for hydroxylation is 2. The van der Waals surface area contributed by atoms with Gasteiger partial charge in [-0.1, -0.05) is 6.92 Å². The van der Waals surface area contributed by atoms with E-state index in [-0.39, 0.29) is 17.7 Å². The number of hydrogen-bond acceptors (Lipinski definition) is 5. The van der Waals surface area contributed by atoms with Crippen LogP contribution in [0.1, 0.15) is 47.7 Å². The molecule has 6 nitrogen and oxygen atoms in total. The van der Waals surface area contributed by atoms with Crippen LogP contribution in [0.3, 0.4) is 0 Å². The lowest BCUT2D eigenvalue weighted by Crippen LogP contribution is -2.27. The number of imidazole rings is 1. The first-order chi connectivity index (χ1) is 10.1. The summed E-state index contributed by atoms with van der Waals surface area (Å²) in [5, 5.41) is 4.87. The lowest BCUT2D eigenvalue weighted by atomic mass is 10.2. The van der Waals surface area contributed by atoms with E-state index in [1.165, 1.54) is 0 Å². The van der Waals surface area contributed by atoms with Crippen LogP contribution in [0, 0.1) is 6.92 Å². The fraction of sp³-hybridized carbons (Fsp3) is 0.357. The second-order valence-corrected chi connectivity index (χ2v) is 5.70. The summed E-state index contributed by atoms with van der Waals surface area (Å²) in [5.41, 5.74) is 1.44. The standard InChI is InChI=1S/C14H16N4O2S/c1-4-11-15-9(3)12(20-11)13(19)16-8(2)10-7-18-5-6-21-14(18)17-10/h5-8H,4H2,1-3H3,(H,16,19). The molecule has 0 aliphatic rings. The Hall–Kier alpha value is -2.15. The highest BCUT2D eigenvalue weighted by atomic mass is 32.1. The Labute approximate surface area is 125 Å². The molecule has 0 spiro atoms. The summed E-state index contributed by atoms with van der Waals surface area (Å²) in [4.78, 5) is 21.9. The highest BCUT2D eigenvalue weighted by Crippen LogP contribution is 2.18. The van der Waals surface area contributed by atoms with Gasteiger partial charge in [-0.25, -0.2) is 9.97 Å². The van der Waals surface area contributed by atoms with Crippen LogP contribution in [0.15, 0.2) is 22.2 Å². The molecule has 3 aromatic heterocycles. The molecule has 1 amide bonds. The van der Waals surface area contributed by atoms with Gasteiger partial charge >= 0.3 is 0 Å². The van der Waals surface area contributed by atoms with E-state index in [1.807, 2.05) is 36.0 Å². The minimum Gasteiger partial charge on any atom is -0.435 e. The van der Waals surface area contributed by atoms with Crippen LogP contribution < -0.4 is 5.32 Å². The molecular weight excluding hydrogens is 288 g/mol. The van der Waals surface area contributed by atoms with Gasteiger partial charge in [0.2, 0.25) is 5.76 Å². The van der Waals surface area contributed by atoms with Crippen molar-refractivity contribution in [2.24, 2.45) is 0 Å². The van der Waals surface area contributed by atoms with Gasteiger partial charge in [0.15, 0.2) is 10.9 Å². The second kappa shape index (κ2) is 5.33. The van der Waals surface area contributed by atoms with Crippen molar-refractivity contribution in [3.63, 3.8) is 0 Å². The van der Waals surface area contributed by atoms with Gasteiger partial charge in [-0.2, -0.15) is 0 Å². The molecule has 1 unspecified atom stereocenters. The smallest absolute Gasteiger partial charge is 0.289 e. The van der Waals surface area contributed by atoms with Crippen molar-refractivity contribution in [1.82, 2.24) is 19.7 Å². The van der Waals surface area contributed by atoms with Gasteiger partial charge in [0.1, 0.15) is 0 Å². The molecule has 0 saturated carbocycles. The maximum atomic E-state index is 12.3. The van der Waals surface area contributed by atoms with Crippen LogP contribution >= 0.6 is 11.3 Å². The number of amides is 1. The third-order valence-corrected chi connectivity index (χ3v) is 4.02. The van der Waals surface area contributed by atoms with Crippen molar-refractivity contribution in [3.8, 4) is 0 Å². The number of carbonyl (C=O) groups excluding carboxylic acids is 1. The molecule has 0 aliphatic carbocycles. The zero-order chi connectivity index (χ0) is 15.0. The molecule has 7 heteroatoms. The molecule has 0 fully saturated rings. The number of oxazole rings is 1. The Balaban J connectivity index is 1.77. The first-order valence-electron chi connectivity index (χ1n) is 6.77. The Bertz CT molecular complexity index is 757. The van der Waals surface area contributed by atoms with Crippen molar-refractivity contribution in [3.05, 3.63) is 40.8 Å². The molecule has 0 aliphatic heterocycles. The maximum Gasteiger partial charge on any atom is 0.289 e. The Kier molecular flexibility index (Phi) is 3.50. The number of carbonyl (C=O) groups is 1. The molecule has 3 aromatic rings. The van der Waals surface area contributed by atoms with Crippen LogP contribution in [0.4, 0.5) is 0 Å². The molecule has 110 valence electrons. The van der Waals surface area contributed by atoms with Crippen molar-refractivity contribution < 1.29 is 9.21 Å². The van der Waals surface area contributed by atoms with E-state index in [0.717, 1.165) is 10.7 Å². The van der Waals surface area contributed by atoms with Gasteiger partial charge in [-0.15, -0.1) is 11.3 Å². The van der Waals surface area contributed by atoms with E-state index in [9.17, 15) is 4.79 Å². The van der Waals surface area contributed by atoms with Gasteiger partial charge in [-0.05, 0) is 13.8 Å². The molecule has 0 radical (unpaired) electrons. The summed E-state index contributed by atoms with van der Waals surface area (Å²) in [6.45, 7) is 5.61. The molecular formula is C14H16N4O2S. The fourth-order valence-corrected chi connectivity index (χ4v) is 2.81. The van der Waals surface area contributed by atoms with Crippen LogP contribution in [0.5, 0.6) is 0 Å². The second-order valence-electron chi connectivity index (χ2n) is 4.83. The first kappa shape index (κ1) is 13.8. The third kappa shape index (κ3) is 2.56. The van der Waals surface area contributed by atoms with E-state index >= 15 is 0 Å². The predicted octanol–water partition coefficient (Wildman–Crippen LogP) is 2.75. The lowest BCUT2D eigenvalue weighted by Gasteiger charge is -2.10. The van der Waals surface area contributed by atoms with Crippen molar-refractivity contribution in [1.29, 1.82) is 0 Å². The minimum atomic E-state index is -0.261. The largest absolute Gasteiger partial charge is 0.435 e. The van der Waals surface area contributed by atoms with E-state index in [4.69, 9.17) is 4.42 Å². The van der Waals surface area contributed by atoms with Crippen LogP contribution in [0.2, 0.25) is 0 Å². The van der Waals surface area contributed by atoms with E-state index < -0.39 is 0 Å². The monoisotopic (exact) mass is 304 g/mol. The number of rotatable bonds is 4. The quantitative estimate of drug-likeness (QED) is 0.804. The summed E-state index contributed by atoms with van der Waals surface area (Å²) in [6.07, 6.45) is 4.53. The van der Waals surface area contributed by atoms with Crippen LogP contribution in [0.25, 0.3) is 4.96 Å². The molecule has 0 aromatic carbocycles. The topological polar surface area (TPSA) is 72.4 Å². The lowest BCUT2D eigenvalue weighted by molar-refractivity contribution is 0.0908. The van der Waals surface area contributed by atoms with Crippen molar-refractivity contribution in [2.75, 3.05) is 0 Å². The Morgan fingerprint density at radius 3 is 3.00 bits per heavy atom. The predicted molar refractivity (Wildman–Crippen MR) is 79.6 cm³/mol. The van der Waals surface area contributed by atoms with Crippen LogP contribution in [-0.2, 0) is 6.42 Å². The summed E-state index contributed by atoms with van der Waals surface area (Å²) in [6, 6.07) is -0.195. The molecule has 21 heavy (non-hydrogen) atoms. The number of hydrogen-bond donors (Lipinski definition) is 1. The van der Waals surface area contributed by atoms with E-state index in [2.05, 4.69) is 15.3 Å². The highest BCUT2D eigenvalue weighted by Gasteiger charge is 2.20. The molecule has 0 bridgehead atoms. The summed E-state index contributed by atoms with van der Waals surface area (Å²) in [5.74, 6) is 0.594. The molecule has 3 heterocycles. The number of fused-ring (bicyclic) bond motifs is 1. The molecule has 3 rings (SSSR count). The van der Waals surface area contributed by atoms with Gasteiger partial charge < -0.3 is 9.73 Å². The van der Waals surface area contributed by atoms with Crippen molar-refractivity contribution in [2.45, 2.75) is 33.2 Å². The zero-order valence-corrected chi connectivity index (χ0v) is 12.9. The number of thiazole rings is 1. The first-order valence-corrected chi connectivity index (χ1v) is 7.65. The third-order valence-electron chi connectivity index (χ3n) is 3.25. The number of nitrogens with zero attached hydrogens (tertiary/aromatic N) is 3. The van der Waals surface area contributed by atoms with E-state index in [1.54, 1.807) is 18.3 Å². The maximum absolute atomic E-state index is 12.3. The van der Waals surface area contributed by atoms with E-state index in [0.29, 0.717) is 18.0 Å². The average molecular weight is 304 g/mol. The fourth-order valence-electron chi connectivity index (χ4n) is 2.10. The summed E-state index contributed by atoms with van der Waals surface area (Å²) >= 11 is 1.56. The zero-order valence-electron chi connectivity index (χ0n) is 12.1. The minimum absolute atomic E-state index is 0.195. The van der Waals surface area contributed by atoms with Gasteiger partial charge in [-0.3, -0.25) is 9.20 Å². The SMILES string of the molecule is CCc1nc(C)c(C(=O)NC(C)c2cn3ccsc3n2)o1. The Morgan fingerprint density at radius 2 is 2.33 bits per heavy atom. The summed E-state index contributed by atoms with van der Waals surface area (Å²) in [7, 11) is 0. The van der Waals surface area contributed by atoms with Gasteiger partial charge in [0.25, 0.3) is 5.91 Å². The molecule has 1 N–H and O–H groups in total. The average Bonchev–Trinajstić information content (AvgIpc) is 3.11. The van der Waals surface area contributed by atoms with Crippen molar-refractivity contribution >= 4 is 22.2 Å². The number of nitrogens with one attached hydrogen (secondary N) is 1. The van der Waals surface area contributed by atoms with Gasteiger partial charge in [0.05, 0.1) is 17.4 Å². The van der Waals surface area contributed by atoms with Gasteiger partial charge in [0, 0.05) is 24.2 Å². The molecule has 1 atom stereocenters. The molecule has 0 saturated heterocycles. The Morgan fingerprint density at radius 1 is 1.52 bits per heavy atom. The summed E-state index contributed by atoms with van der Waals surface area (Å²) < 4.78 is 7.40. The highest BCUT2D eigenvalue weighted by molar-refractivity contribution is 7.15.